The summed E-state index contributed by atoms with van der Waals surface area (Å²) in [7, 11) is 0. The average Bonchev–Trinajstić information content (AvgIpc) is 2.99. The molecule has 3 rings (SSSR count). The first-order valence-corrected chi connectivity index (χ1v) is 11.9. The molecule has 0 aromatic rings. The second-order valence-electron chi connectivity index (χ2n) is 11.0. The van der Waals surface area contributed by atoms with Crippen molar-refractivity contribution in [3.8, 4) is 0 Å². The Hall–Kier alpha value is -1.13. The maximum Gasteiger partial charge on any atom is 0.307 e. The zero-order valence-electron chi connectivity index (χ0n) is 20.0. The zero-order valence-corrected chi connectivity index (χ0v) is 20.0. The maximum atomic E-state index is 11.3. The van der Waals surface area contributed by atoms with E-state index in [1.54, 1.807) is 6.26 Å². The number of fused-ring (bicyclic) bond motifs is 1. The van der Waals surface area contributed by atoms with Gasteiger partial charge in [0, 0.05) is 13.3 Å². The molecule has 0 unspecified atom stereocenters. The quantitative estimate of drug-likeness (QED) is 0.279. The van der Waals surface area contributed by atoms with Crippen LogP contribution in [0.25, 0.3) is 0 Å². The van der Waals surface area contributed by atoms with Gasteiger partial charge in [-0.3, -0.25) is 4.79 Å². The molecule has 2 aliphatic carbocycles. The minimum Gasteiger partial charge on any atom is -0.435 e. The summed E-state index contributed by atoms with van der Waals surface area (Å²) in [4.78, 5) is 11.3. The molecule has 3 aliphatic rings. The van der Waals surface area contributed by atoms with Crippen LogP contribution in [0.4, 0.5) is 0 Å². The van der Waals surface area contributed by atoms with Crippen LogP contribution in [-0.4, -0.2) is 24.5 Å². The molecule has 0 spiro atoms. The van der Waals surface area contributed by atoms with Crippen LogP contribution in [0.3, 0.4) is 0 Å². The SMILES string of the molecule is C=C1CC[C@@H]2C(C)(C)CCC[C@@]2(C)[C@@H]1CC[C@H]1O[C@@H](OC(C)C)C/C1=C/OC(C)=O. The monoisotopic (exact) mass is 418 g/mol. The van der Waals surface area contributed by atoms with E-state index in [9.17, 15) is 4.79 Å². The zero-order chi connectivity index (χ0) is 22.1. The molecule has 4 heteroatoms. The molecule has 3 fully saturated rings. The van der Waals surface area contributed by atoms with E-state index in [0.29, 0.717) is 23.2 Å². The van der Waals surface area contributed by atoms with Crippen molar-refractivity contribution < 1.29 is 19.0 Å². The van der Waals surface area contributed by atoms with Crippen LogP contribution in [0.2, 0.25) is 0 Å². The normalized spacial score (nSPS) is 37.4. The predicted octanol–water partition coefficient (Wildman–Crippen LogP) is 6.55. The fraction of sp³-hybridized carbons (Fsp3) is 0.808. The van der Waals surface area contributed by atoms with Crippen molar-refractivity contribution in [2.75, 3.05) is 0 Å². The molecule has 0 bridgehead atoms. The van der Waals surface area contributed by atoms with Crippen LogP contribution in [-0.2, 0) is 19.0 Å². The van der Waals surface area contributed by atoms with E-state index in [2.05, 4.69) is 27.4 Å². The molecule has 2 saturated carbocycles. The Bertz CT molecular complexity index is 677. The largest absolute Gasteiger partial charge is 0.435 e. The van der Waals surface area contributed by atoms with E-state index in [1.165, 1.54) is 38.2 Å². The second-order valence-corrected chi connectivity index (χ2v) is 11.0. The summed E-state index contributed by atoms with van der Waals surface area (Å²) in [6.45, 7) is 17.4. The molecule has 1 saturated heterocycles. The van der Waals surface area contributed by atoms with Gasteiger partial charge in [-0.25, -0.2) is 0 Å². The second kappa shape index (κ2) is 9.16. The minimum absolute atomic E-state index is 0.0542. The topological polar surface area (TPSA) is 44.8 Å². The van der Waals surface area contributed by atoms with Gasteiger partial charge in [-0.1, -0.05) is 39.3 Å². The van der Waals surface area contributed by atoms with Gasteiger partial charge in [-0.15, -0.1) is 0 Å². The van der Waals surface area contributed by atoms with Crippen LogP contribution in [0, 0.1) is 22.7 Å². The van der Waals surface area contributed by atoms with Gasteiger partial charge in [0.05, 0.1) is 18.5 Å². The van der Waals surface area contributed by atoms with E-state index in [0.717, 1.165) is 30.8 Å². The van der Waals surface area contributed by atoms with Gasteiger partial charge in [-0.2, -0.15) is 0 Å². The van der Waals surface area contributed by atoms with Crippen molar-refractivity contribution in [3.63, 3.8) is 0 Å². The summed E-state index contributed by atoms with van der Waals surface area (Å²) >= 11 is 0. The lowest BCUT2D eigenvalue weighted by molar-refractivity contribution is -0.155. The third kappa shape index (κ3) is 5.02. The average molecular weight is 419 g/mol. The first-order valence-electron chi connectivity index (χ1n) is 11.9. The number of hydrogen-bond donors (Lipinski definition) is 0. The lowest BCUT2D eigenvalue weighted by Gasteiger charge is -2.58. The van der Waals surface area contributed by atoms with Crippen molar-refractivity contribution in [1.82, 2.24) is 0 Å². The van der Waals surface area contributed by atoms with E-state index < -0.39 is 0 Å². The van der Waals surface area contributed by atoms with E-state index in [-0.39, 0.29) is 24.5 Å². The summed E-state index contributed by atoms with van der Waals surface area (Å²) < 4.78 is 17.3. The van der Waals surface area contributed by atoms with E-state index in [1.807, 2.05) is 13.8 Å². The predicted molar refractivity (Wildman–Crippen MR) is 120 cm³/mol. The van der Waals surface area contributed by atoms with Crippen LogP contribution in [0.1, 0.15) is 92.9 Å². The smallest absolute Gasteiger partial charge is 0.307 e. The third-order valence-corrected chi connectivity index (χ3v) is 7.97. The van der Waals surface area contributed by atoms with E-state index >= 15 is 0 Å². The van der Waals surface area contributed by atoms with Gasteiger partial charge in [-0.05, 0) is 80.6 Å². The number of carbonyl (C=O) groups excluding carboxylic acids is 1. The summed E-state index contributed by atoms with van der Waals surface area (Å²) in [5, 5.41) is 0. The highest BCUT2D eigenvalue weighted by Crippen LogP contribution is 2.61. The Balaban J connectivity index is 1.73. The summed E-state index contributed by atoms with van der Waals surface area (Å²) in [6.07, 6.45) is 10.4. The number of esters is 1. The molecule has 5 atom stereocenters. The molecule has 1 aliphatic heterocycles. The highest BCUT2D eigenvalue weighted by atomic mass is 16.7. The van der Waals surface area contributed by atoms with Gasteiger partial charge in [0.25, 0.3) is 0 Å². The van der Waals surface area contributed by atoms with Crippen molar-refractivity contribution in [3.05, 3.63) is 24.0 Å². The fourth-order valence-corrected chi connectivity index (χ4v) is 6.69. The maximum absolute atomic E-state index is 11.3. The molecule has 0 aromatic carbocycles. The van der Waals surface area contributed by atoms with Gasteiger partial charge in [0.1, 0.15) is 0 Å². The van der Waals surface area contributed by atoms with Gasteiger partial charge < -0.3 is 14.2 Å². The number of carbonyl (C=O) groups is 1. The molecule has 1 heterocycles. The molecule has 0 amide bonds. The molecule has 30 heavy (non-hydrogen) atoms. The molecule has 0 aromatic heterocycles. The first-order chi connectivity index (χ1) is 14.0. The molecule has 0 N–H and O–H groups in total. The molecule has 0 radical (unpaired) electrons. The molecular weight excluding hydrogens is 376 g/mol. The Morgan fingerprint density at radius 3 is 2.67 bits per heavy atom. The van der Waals surface area contributed by atoms with Gasteiger partial charge in [0.2, 0.25) is 0 Å². The Labute approximate surface area is 183 Å². The fourth-order valence-electron chi connectivity index (χ4n) is 6.69. The molecular formula is C26H42O4. The molecule has 170 valence electrons. The first kappa shape index (κ1) is 23.5. The summed E-state index contributed by atoms with van der Waals surface area (Å²) in [6, 6.07) is 0. The Morgan fingerprint density at radius 2 is 2.00 bits per heavy atom. The minimum atomic E-state index is -0.296. The Kier molecular flexibility index (Phi) is 7.18. The van der Waals surface area contributed by atoms with Crippen LogP contribution < -0.4 is 0 Å². The lowest BCUT2D eigenvalue weighted by Crippen LogP contribution is -2.49. The van der Waals surface area contributed by atoms with E-state index in [4.69, 9.17) is 14.2 Å². The highest BCUT2D eigenvalue weighted by molar-refractivity contribution is 5.66. The molecule has 4 nitrogen and oxygen atoms in total. The highest BCUT2D eigenvalue weighted by Gasteiger charge is 2.52. The third-order valence-electron chi connectivity index (χ3n) is 7.97. The van der Waals surface area contributed by atoms with Gasteiger partial charge >= 0.3 is 5.97 Å². The lowest BCUT2D eigenvalue weighted by atomic mass is 9.47. The van der Waals surface area contributed by atoms with Crippen LogP contribution in [0.5, 0.6) is 0 Å². The van der Waals surface area contributed by atoms with Crippen molar-refractivity contribution >= 4 is 5.97 Å². The Morgan fingerprint density at radius 1 is 1.27 bits per heavy atom. The standard InChI is InChI=1S/C26H42O4/c1-17(2)29-24-15-20(16-28-19(4)27)22(30-24)11-10-21-18(3)9-12-23-25(5,6)13-8-14-26(21,23)7/h16-17,21-24H,3,8-15H2,1-2,4-7H3/b20-16-/t21-,22-,23-,24-,26+/m1/s1. The van der Waals surface area contributed by atoms with Crippen molar-refractivity contribution in [1.29, 1.82) is 0 Å². The number of rotatable bonds is 6. The number of ether oxygens (including phenoxy) is 3. The van der Waals surface area contributed by atoms with Crippen molar-refractivity contribution in [2.45, 2.75) is 111 Å². The van der Waals surface area contributed by atoms with Gasteiger partial charge in [0.15, 0.2) is 6.29 Å². The van der Waals surface area contributed by atoms with Crippen LogP contribution in [0.15, 0.2) is 24.0 Å². The number of hydrogen-bond acceptors (Lipinski definition) is 4. The van der Waals surface area contributed by atoms with Crippen molar-refractivity contribution in [2.24, 2.45) is 22.7 Å². The summed E-state index contributed by atoms with van der Waals surface area (Å²) in [5.41, 5.74) is 3.18. The number of allylic oxidation sites excluding steroid dienone is 1. The van der Waals surface area contributed by atoms with Crippen LogP contribution >= 0.6 is 0 Å². The summed E-state index contributed by atoms with van der Waals surface area (Å²) in [5.74, 6) is 0.987.